The second-order valence-corrected chi connectivity index (χ2v) is 6.27. The van der Waals surface area contributed by atoms with Gasteiger partial charge in [-0.2, -0.15) is 0 Å². The summed E-state index contributed by atoms with van der Waals surface area (Å²) >= 11 is 0. The maximum absolute atomic E-state index is 11.6. The minimum absolute atomic E-state index is 0.0698. The Bertz CT molecular complexity index is 295. The van der Waals surface area contributed by atoms with E-state index < -0.39 is 5.60 Å². The van der Waals surface area contributed by atoms with Gasteiger partial charge in [0, 0.05) is 6.61 Å². The predicted octanol–water partition coefficient (Wildman–Crippen LogP) is 2.16. The van der Waals surface area contributed by atoms with Crippen molar-refractivity contribution in [3.63, 3.8) is 0 Å². The normalized spacial score (nSPS) is 26.0. The van der Waals surface area contributed by atoms with Crippen LogP contribution in [0.2, 0.25) is 0 Å². The van der Waals surface area contributed by atoms with Crippen molar-refractivity contribution in [3.8, 4) is 0 Å². The molecule has 1 saturated carbocycles. The first-order chi connectivity index (χ1) is 9.97. The monoisotopic (exact) mass is 302 g/mol. The van der Waals surface area contributed by atoms with Gasteiger partial charge in [-0.1, -0.05) is 13.8 Å². The third-order valence-electron chi connectivity index (χ3n) is 3.73. The molecule has 5 heteroatoms. The van der Waals surface area contributed by atoms with Crippen LogP contribution in [0.15, 0.2) is 0 Å². The molecular weight excluding hydrogens is 272 g/mol. The highest BCUT2D eigenvalue weighted by Gasteiger charge is 2.36. The summed E-state index contributed by atoms with van der Waals surface area (Å²) in [4.78, 5) is 11.6. The number of carbonyl (C=O) groups is 1. The first kappa shape index (κ1) is 18.4. The Morgan fingerprint density at radius 3 is 2.43 bits per heavy atom. The molecule has 0 radical (unpaired) electrons. The van der Waals surface area contributed by atoms with E-state index in [1.54, 1.807) is 0 Å². The lowest BCUT2D eigenvalue weighted by Crippen LogP contribution is -2.40. The van der Waals surface area contributed by atoms with Crippen LogP contribution in [-0.2, 0) is 19.0 Å². The highest BCUT2D eigenvalue weighted by molar-refractivity contribution is 5.72. The lowest BCUT2D eigenvalue weighted by molar-refractivity contribution is -0.152. The van der Waals surface area contributed by atoms with Crippen LogP contribution in [0.3, 0.4) is 0 Å². The van der Waals surface area contributed by atoms with Crippen LogP contribution in [-0.4, -0.2) is 49.7 Å². The van der Waals surface area contributed by atoms with Crippen molar-refractivity contribution in [2.75, 3.05) is 33.0 Å². The number of hydrogen-bond donors (Lipinski definition) is 1. The molecule has 124 valence electrons. The molecule has 5 nitrogen and oxygen atoms in total. The molecule has 0 spiro atoms. The van der Waals surface area contributed by atoms with Gasteiger partial charge in [-0.25, -0.2) is 0 Å². The predicted molar refractivity (Wildman–Crippen MR) is 80.0 cm³/mol. The van der Waals surface area contributed by atoms with E-state index in [0.717, 1.165) is 6.61 Å². The highest BCUT2D eigenvalue weighted by Crippen LogP contribution is 2.33. The molecule has 0 aliphatic heterocycles. The first-order valence-electron chi connectivity index (χ1n) is 8.01. The van der Waals surface area contributed by atoms with Crippen molar-refractivity contribution in [1.29, 1.82) is 0 Å². The van der Waals surface area contributed by atoms with Gasteiger partial charge < -0.3 is 19.3 Å². The Morgan fingerprint density at radius 1 is 1.24 bits per heavy atom. The Hall–Kier alpha value is -0.650. The van der Waals surface area contributed by atoms with E-state index in [1.165, 1.54) is 0 Å². The molecule has 1 fully saturated rings. The number of ether oxygens (including phenoxy) is 3. The van der Waals surface area contributed by atoms with Crippen molar-refractivity contribution in [3.05, 3.63) is 0 Å². The summed E-state index contributed by atoms with van der Waals surface area (Å²) in [6.07, 6.45) is 2.51. The summed E-state index contributed by atoms with van der Waals surface area (Å²) in [6, 6.07) is 0. The summed E-state index contributed by atoms with van der Waals surface area (Å²) in [6.45, 7) is 8.53. The van der Waals surface area contributed by atoms with Crippen molar-refractivity contribution in [1.82, 2.24) is 0 Å². The second kappa shape index (κ2) is 9.38. The van der Waals surface area contributed by atoms with E-state index in [2.05, 4.69) is 13.8 Å². The van der Waals surface area contributed by atoms with Crippen LogP contribution in [0.4, 0.5) is 0 Å². The Balaban J connectivity index is 2.14. The molecule has 0 atom stereocenters. The summed E-state index contributed by atoms with van der Waals surface area (Å²) in [5.41, 5.74) is -0.805. The molecule has 0 amide bonds. The van der Waals surface area contributed by atoms with Gasteiger partial charge in [-0.3, -0.25) is 4.79 Å². The molecular formula is C16H30O5. The number of carbonyl (C=O) groups excluding carboxylic acids is 1. The zero-order valence-corrected chi connectivity index (χ0v) is 13.6. The highest BCUT2D eigenvalue weighted by atomic mass is 16.5. The van der Waals surface area contributed by atoms with E-state index in [4.69, 9.17) is 14.2 Å². The van der Waals surface area contributed by atoms with E-state index in [9.17, 15) is 9.90 Å². The lowest BCUT2D eigenvalue weighted by atomic mass is 9.79. The molecule has 21 heavy (non-hydrogen) atoms. The third-order valence-corrected chi connectivity index (χ3v) is 3.73. The summed E-state index contributed by atoms with van der Waals surface area (Å²) in [7, 11) is 0. The standard InChI is InChI=1S/C16H30O5/c1-4-21-15(17)14-5-7-16(18,8-6-14)12-20-10-9-19-11-13(2)3/h13-14,18H,4-12H2,1-3H3. The van der Waals surface area contributed by atoms with Crippen LogP contribution in [0, 0.1) is 11.8 Å². The van der Waals surface area contributed by atoms with Gasteiger partial charge in [0.25, 0.3) is 0 Å². The Labute approximate surface area is 128 Å². The van der Waals surface area contributed by atoms with Crippen LogP contribution >= 0.6 is 0 Å². The lowest BCUT2D eigenvalue weighted by Gasteiger charge is -2.34. The molecule has 0 aromatic carbocycles. The quantitative estimate of drug-likeness (QED) is 0.522. The van der Waals surface area contributed by atoms with Crippen LogP contribution in [0.25, 0.3) is 0 Å². The average molecular weight is 302 g/mol. The third kappa shape index (κ3) is 7.25. The summed E-state index contributed by atoms with van der Waals surface area (Å²) in [5.74, 6) is 0.314. The van der Waals surface area contributed by atoms with Gasteiger partial charge in [0.15, 0.2) is 0 Å². The topological polar surface area (TPSA) is 65.0 Å². The molecule has 1 aliphatic rings. The molecule has 1 rings (SSSR count). The van der Waals surface area contributed by atoms with Gasteiger partial charge in [0.1, 0.15) is 0 Å². The maximum Gasteiger partial charge on any atom is 0.308 e. The largest absolute Gasteiger partial charge is 0.466 e. The van der Waals surface area contributed by atoms with Gasteiger partial charge >= 0.3 is 5.97 Å². The maximum atomic E-state index is 11.6. The Kier molecular flexibility index (Phi) is 8.22. The Morgan fingerprint density at radius 2 is 1.86 bits per heavy atom. The minimum Gasteiger partial charge on any atom is -0.466 e. The van der Waals surface area contributed by atoms with E-state index in [-0.39, 0.29) is 11.9 Å². The molecule has 1 aliphatic carbocycles. The van der Waals surface area contributed by atoms with E-state index >= 15 is 0 Å². The molecule has 0 aromatic rings. The van der Waals surface area contributed by atoms with E-state index in [0.29, 0.717) is 58.0 Å². The van der Waals surface area contributed by atoms with E-state index in [1.807, 2.05) is 6.92 Å². The number of aliphatic hydroxyl groups is 1. The van der Waals surface area contributed by atoms with Gasteiger partial charge in [0.2, 0.25) is 0 Å². The van der Waals surface area contributed by atoms with Gasteiger partial charge in [0.05, 0.1) is 37.9 Å². The minimum atomic E-state index is -0.805. The molecule has 0 aromatic heterocycles. The molecule has 0 unspecified atom stereocenters. The van der Waals surface area contributed by atoms with Crippen LogP contribution in [0.1, 0.15) is 46.5 Å². The van der Waals surface area contributed by atoms with Gasteiger partial charge in [-0.15, -0.1) is 0 Å². The summed E-state index contributed by atoms with van der Waals surface area (Å²) in [5, 5.41) is 10.4. The number of hydrogen-bond acceptors (Lipinski definition) is 5. The number of esters is 1. The van der Waals surface area contributed by atoms with Crippen LogP contribution < -0.4 is 0 Å². The SMILES string of the molecule is CCOC(=O)C1CCC(O)(COCCOCC(C)C)CC1. The fourth-order valence-electron chi connectivity index (χ4n) is 2.49. The molecule has 0 bridgehead atoms. The zero-order chi connectivity index (χ0) is 15.7. The smallest absolute Gasteiger partial charge is 0.308 e. The van der Waals surface area contributed by atoms with Gasteiger partial charge in [-0.05, 0) is 38.5 Å². The van der Waals surface area contributed by atoms with Crippen molar-refractivity contribution in [2.45, 2.75) is 52.1 Å². The first-order valence-corrected chi connectivity index (χ1v) is 8.01. The summed E-state index contributed by atoms with van der Waals surface area (Å²) < 4.78 is 16.0. The fraction of sp³-hybridized carbons (Fsp3) is 0.938. The van der Waals surface area contributed by atoms with Crippen molar-refractivity contribution in [2.24, 2.45) is 11.8 Å². The second-order valence-electron chi connectivity index (χ2n) is 6.27. The fourth-order valence-corrected chi connectivity index (χ4v) is 2.49. The van der Waals surface area contributed by atoms with Crippen LogP contribution in [0.5, 0.6) is 0 Å². The average Bonchev–Trinajstić information content (AvgIpc) is 2.43. The number of rotatable bonds is 9. The molecule has 0 heterocycles. The zero-order valence-electron chi connectivity index (χ0n) is 13.6. The molecule has 1 N–H and O–H groups in total. The van der Waals surface area contributed by atoms with Crippen molar-refractivity contribution >= 4 is 5.97 Å². The van der Waals surface area contributed by atoms with Crippen molar-refractivity contribution < 1.29 is 24.1 Å². The molecule has 0 saturated heterocycles.